The largest absolute Gasteiger partial charge is 0.493 e. The molecule has 0 aliphatic rings. The monoisotopic (exact) mass is 379 g/mol. The number of fused-ring (bicyclic) bond motifs is 1. The molecule has 0 aliphatic carbocycles. The molecule has 0 radical (unpaired) electrons. The molecule has 0 aliphatic heterocycles. The molecule has 4 aromatic rings. The molecule has 9 nitrogen and oxygen atoms in total. The fourth-order valence-electron chi connectivity index (χ4n) is 2.76. The van der Waals surface area contributed by atoms with Gasteiger partial charge in [0.05, 0.1) is 19.8 Å². The van der Waals surface area contributed by atoms with Crippen LogP contribution in [-0.4, -0.2) is 29.7 Å². The van der Waals surface area contributed by atoms with Gasteiger partial charge in [0.2, 0.25) is 0 Å². The van der Waals surface area contributed by atoms with E-state index in [1.54, 1.807) is 56.7 Å². The molecule has 0 spiro atoms. The molecule has 9 heteroatoms. The average Bonchev–Trinajstić information content (AvgIpc) is 3.24. The Labute approximate surface area is 158 Å². The van der Waals surface area contributed by atoms with Crippen molar-refractivity contribution in [3.63, 3.8) is 0 Å². The lowest BCUT2D eigenvalue weighted by Crippen LogP contribution is -2.03. The van der Waals surface area contributed by atoms with Crippen LogP contribution in [0.1, 0.15) is 5.82 Å². The predicted molar refractivity (Wildman–Crippen MR) is 98.5 cm³/mol. The topological polar surface area (TPSA) is 111 Å². The molecule has 0 fully saturated rings. The number of hydrogen-bond acceptors (Lipinski definition) is 8. The minimum Gasteiger partial charge on any atom is -0.493 e. The SMILES string of the molecule is COc1ccc(-c2cc3ccc(OCc4nnn[n-]4)cc3oc2=O)cc1OC. The fraction of sp³-hybridized carbons (Fsp3) is 0.158. The van der Waals surface area contributed by atoms with E-state index in [2.05, 4.69) is 20.6 Å². The highest BCUT2D eigenvalue weighted by Gasteiger charge is 2.12. The van der Waals surface area contributed by atoms with Crippen LogP contribution in [0.25, 0.3) is 22.1 Å². The molecule has 0 saturated heterocycles. The standard InChI is InChI=1S/C19H15N4O5/c1-25-15-6-4-11(8-17(15)26-2)14-7-12-3-5-13(9-16(12)28-19(14)24)27-10-18-20-22-23-21-18/h3-9H,10H2,1-2H3/q-1. The van der Waals surface area contributed by atoms with Crippen LogP contribution in [0, 0.1) is 0 Å². The Morgan fingerprint density at radius 2 is 1.89 bits per heavy atom. The van der Waals surface area contributed by atoms with Crippen molar-refractivity contribution in [3.8, 4) is 28.4 Å². The first-order chi connectivity index (χ1) is 13.7. The number of aromatic nitrogens is 4. The summed E-state index contributed by atoms with van der Waals surface area (Å²) in [5.41, 5.74) is 1.03. The normalized spacial score (nSPS) is 10.8. The van der Waals surface area contributed by atoms with E-state index in [9.17, 15) is 4.79 Å². The Bertz CT molecular complexity index is 1170. The van der Waals surface area contributed by atoms with Crippen molar-refractivity contribution in [3.05, 3.63) is 58.7 Å². The van der Waals surface area contributed by atoms with Crippen molar-refractivity contribution >= 4 is 11.0 Å². The average molecular weight is 379 g/mol. The van der Waals surface area contributed by atoms with Crippen LogP contribution < -0.4 is 24.9 Å². The van der Waals surface area contributed by atoms with Crippen LogP contribution in [0.4, 0.5) is 0 Å². The molecule has 0 bridgehead atoms. The van der Waals surface area contributed by atoms with Gasteiger partial charge >= 0.3 is 5.63 Å². The number of methoxy groups -OCH3 is 2. The number of tetrazole rings is 1. The smallest absolute Gasteiger partial charge is 0.344 e. The predicted octanol–water partition coefficient (Wildman–Crippen LogP) is 2.20. The molecule has 2 aromatic heterocycles. The Hall–Kier alpha value is -3.88. The van der Waals surface area contributed by atoms with Crippen LogP contribution >= 0.6 is 0 Å². The molecule has 0 N–H and O–H groups in total. The van der Waals surface area contributed by atoms with E-state index in [0.29, 0.717) is 39.8 Å². The summed E-state index contributed by atoms with van der Waals surface area (Å²) in [6.45, 7) is 0.118. The van der Waals surface area contributed by atoms with Gasteiger partial charge in [-0.25, -0.2) is 4.79 Å². The first-order valence-electron chi connectivity index (χ1n) is 8.28. The molecule has 0 unspecified atom stereocenters. The number of benzene rings is 2. The number of rotatable bonds is 6. The van der Waals surface area contributed by atoms with Crippen LogP contribution in [0.5, 0.6) is 17.2 Å². The molecule has 0 amide bonds. The van der Waals surface area contributed by atoms with Crippen LogP contribution in [0.3, 0.4) is 0 Å². The fourth-order valence-corrected chi connectivity index (χ4v) is 2.76. The lowest BCUT2D eigenvalue weighted by molar-refractivity contribution is 0.295. The van der Waals surface area contributed by atoms with Crippen molar-refractivity contribution in [2.75, 3.05) is 14.2 Å². The second kappa shape index (κ2) is 7.39. The molecule has 0 atom stereocenters. The van der Waals surface area contributed by atoms with E-state index in [0.717, 1.165) is 5.39 Å². The van der Waals surface area contributed by atoms with E-state index in [4.69, 9.17) is 18.6 Å². The summed E-state index contributed by atoms with van der Waals surface area (Å²) in [7, 11) is 3.09. The third-order valence-corrected chi connectivity index (χ3v) is 4.13. The second-order valence-corrected chi connectivity index (χ2v) is 5.80. The van der Waals surface area contributed by atoms with Crippen molar-refractivity contribution in [2.24, 2.45) is 0 Å². The molecular weight excluding hydrogens is 364 g/mol. The highest BCUT2D eigenvalue weighted by Crippen LogP contribution is 2.32. The lowest BCUT2D eigenvalue weighted by Gasteiger charge is -2.10. The van der Waals surface area contributed by atoms with Crippen molar-refractivity contribution in [2.45, 2.75) is 6.61 Å². The lowest BCUT2D eigenvalue weighted by atomic mass is 10.1. The molecule has 2 heterocycles. The van der Waals surface area contributed by atoms with Crippen LogP contribution in [0.2, 0.25) is 0 Å². The molecule has 0 saturated carbocycles. The van der Waals surface area contributed by atoms with E-state index >= 15 is 0 Å². The zero-order valence-corrected chi connectivity index (χ0v) is 15.1. The van der Waals surface area contributed by atoms with Gasteiger partial charge in [-0.2, -0.15) is 5.21 Å². The Morgan fingerprint density at radius 1 is 1.04 bits per heavy atom. The minimum atomic E-state index is -0.468. The molecular formula is C19H15N4O5-. The third-order valence-electron chi connectivity index (χ3n) is 4.13. The maximum absolute atomic E-state index is 12.5. The minimum absolute atomic E-state index is 0.118. The van der Waals surface area contributed by atoms with Gasteiger partial charge in [0.15, 0.2) is 11.5 Å². The second-order valence-electron chi connectivity index (χ2n) is 5.80. The summed E-state index contributed by atoms with van der Waals surface area (Å²) in [5, 5.41) is 14.9. The molecule has 142 valence electrons. The summed E-state index contributed by atoms with van der Waals surface area (Å²) in [4.78, 5) is 12.5. The first kappa shape index (κ1) is 17.5. The Balaban J connectivity index is 1.67. The van der Waals surface area contributed by atoms with Gasteiger partial charge in [-0.3, -0.25) is 10.3 Å². The van der Waals surface area contributed by atoms with Gasteiger partial charge in [-0.15, -0.1) is 0 Å². The summed E-state index contributed by atoms with van der Waals surface area (Å²) in [6.07, 6.45) is 0. The maximum atomic E-state index is 12.5. The zero-order valence-electron chi connectivity index (χ0n) is 15.1. The molecule has 2 aromatic carbocycles. The van der Waals surface area contributed by atoms with E-state index in [1.165, 1.54) is 0 Å². The summed E-state index contributed by atoms with van der Waals surface area (Å²) >= 11 is 0. The molecule has 4 rings (SSSR count). The Morgan fingerprint density at radius 3 is 2.64 bits per heavy atom. The summed E-state index contributed by atoms with van der Waals surface area (Å²) in [6, 6.07) is 12.2. The van der Waals surface area contributed by atoms with E-state index in [-0.39, 0.29) is 6.61 Å². The highest BCUT2D eigenvalue weighted by molar-refractivity contribution is 5.83. The summed E-state index contributed by atoms with van der Waals surface area (Å²) in [5.74, 6) is 1.99. The van der Waals surface area contributed by atoms with Gasteiger partial charge in [0, 0.05) is 17.3 Å². The number of ether oxygens (including phenoxy) is 3. The van der Waals surface area contributed by atoms with Gasteiger partial charge in [-0.1, -0.05) is 6.07 Å². The van der Waals surface area contributed by atoms with Crippen molar-refractivity contribution in [1.82, 2.24) is 20.6 Å². The quantitative estimate of drug-likeness (QED) is 0.465. The highest BCUT2D eigenvalue weighted by atomic mass is 16.5. The number of nitrogens with zero attached hydrogens (tertiary/aromatic N) is 4. The zero-order chi connectivity index (χ0) is 19.5. The van der Waals surface area contributed by atoms with Gasteiger partial charge in [0.1, 0.15) is 17.9 Å². The van der Waals surface area contributed by atoms with E-state index < -0.39 is 5.63 Å². The summed E-state index contributed by atoms with van der Waals surface area (Å²) < 4.78 is 21.6. The van der Waals surface area contributed by atoms with Crippen molar-refractivity contribution in [1.29, 1.82) is 0 Å². The van der Waals surface area contributed by atoms with Gasteiger partial charge in [-0.05, 0) is 35.9 Å². The van der Waals surface area contributed by atoms with Crippen LogP contribution in [-0.2, 0) is 6.61 Å². The van der Waals surface area contributed by atoms with E-state index in [1.807, 2.05) is 0 Å². The Kier molecular flexibility index (Phi) is 4.63. The van der Waals surface area contributed by atoms with Gasteiger partial charge in [0.25, 0.3) is 0 Å². The first-order valence-corrected chi connectivity index (χ1v) is 8.28. The van der Waals surface area contributed by atoms with Gasteiger partial charge < -0.3 is 23.7 Å². The van der Waals surface area contributed by atoms with Crippen LogP contribution in [0.15, 0.2) is 51.7 Å². The third kappa shape index (κ3) is 3.37. The van der Waals surface area contributed by atoms with Crippen molar-refractivity contribution < 1.29 is 18.6 Å². The maximum Gasteiger partial charge on any atom is 0.344 e. The molecule has 28 heavy (non-hydrogen) atoms. The number of hydrogen-bond donors (Lipinski definition) is 0.